The third kappa shape index (κ3) is 2.56. The molecule has 3 nitrogen and oxygen atoms in total. The predicted molar refractivity (Wildman–Crippen MR) is 53.0 cm³/mol. The average Bonchev–Trinajstić information content (AvgIpc) is 1.99. The van der Waals surface area contributed by atoms with Crippen LogP contribution in [0.3, 0.4) is 0 Å². The Hall–Kier alpha value is -0.460. The monoisotopic (exact) mass is 275 g/mol. The lowest BCUT2D eigenvalue weighted by Gasteiger charge is -2.14. The van der Waals surface area contributed by atoms with Gasteiger partial charge in [0.15, 0.2) is 0 Å². The molecule has 0 atom stereocenters. The Balaban J connectivity index is 3.40. The lowest BCUT2D eigenvalue weighted by molar-refractivity contribution is 0.0914. The zero-order valence-corrected chi connectivity index (χ0v) is 9.67. The van der Waals surface area contributed by atoms with Gasteiger partial charge >= 0.3 is 5.25 Å². The first-order valence-corrected chi connectivity index (χ1v) is 6.20. The second-order valence-electron chi connectivity index (χ2n) is 2.79. The molecule has 1 aromatic rings. The van der Waals surface area contributed by atoms with Gasteiger partial charge in [0.1, 0.15) is 10.3 Å². The first-order valence-electron chi connectivity index (χ1n) is 3.55. The highest BCUT2D eigenvalue weighted by molar-refractivity contribution is 7.91. The molecule has 0 saturated heterocycles. The third-order valence-corrected chi connectivity index (χ3v) is 3.12. The molecule has 0 unspecified atom stereocenters. The van der Waals surface area contributed by atoms with Crippen LogP contribution >= 0.6 is 23.2 Å². The van der Waals surface area contributed by atoms with Crippen molar-refractivity contribution in [3.05, 3.63) is 28.0 Å². The largest absolute Gasteiger partial charge is 0.370 e. The van der Waals surface area contributed by atoms with Crippen molar-refractivity contribution in [1.82, 2.24) is 4.98 Å². The Morgan fingerprint density at radius 1 is 1.27 bits per heavy atom. The van der Waals surface area contributed by atoms with E-state index < -0.39 is 20.7 Å². The lowest BCUT2D eigenvalue weighted by atomic mass is 10.3. The van der Waals surface area contributed by atoms with Crippen molar-refractivity contribution in [1.29, 1.82) is 0 Å². The van der Waals surface area contributed by atoms with Crippen LogP contribution in [0.4, 0.5) is 8.78 Å². The molecular weight excluding hydrogens is 271 g/mol. The van der Waals surface area contributed by atoms with Gasteiger partial charge in [0.25, 0.3) is 0 Å². The van der Waals surface area contributed by atoms with Gasteiger partial charge in [-0.25, -0.2) is 13.4 Å². The second kappa shape index (κ2) is 3.84. The normalized spacial score (nSPS) is 12.9. The summed E-state index contributed by atoms with van der Waals surface area (Å²) in [5.41, 5.74) is -0.796. The van der Waals surface area contributed by atoms with Crippen molar-refractivity contribution in [3.8, 4) is 0 Å². The van der Waals surface area contributed by atoms with Gasteiger partial charge in [0.05, 0.1) is 0 Å². The molecule has 8 heteroatoms. The molecule has 0 aromatic carbocycles. The topological polar surface area (TPSA) is 47.0 Å². The Labute approximate surface area is 94.9 Å². The molecular formula is C7H5Cl2F2NO2S. The summed E-state index contributed by atoms with van der Waals surface area (Å²) in [6.07, 6.45) is 0.426. The van der Waals surface area contributed by atoms with Gasteiger partial charge in [-0.2, -0.15) is 8.78 Å². The Morgan fingerprint density at radius 2 is 1.67 bits per heavy atom. The van der Waals surface area contributed by atoms with Gasteiger partial charge in [-0.05, 0) is 12.1 Å². The molecule has 0 aliphatic carbocycles. The fraction of sp³-hybridized carbons (Fsp3) is 0.286. The molecule has 0 spiro atoms. The van der Waals surface area contributed by atoms with E-state index in [0.29, 0.717) is 6.26 Å². The first kappa shape index (κ1) is 12.6. The third-order valence-electron chi connectivity index (χ3n) is 1.56. The van der Waals surface area contributed by atoms with Crippen LogP contribution in [-0.4, -0.2) is 19.7 Å². The maximum atomic E-state index is 13.3. The first-order chi connectivity index (χ1) is 6.64. The minimum absolute atomic E-state index is 0.291. The summed E-state index contributed by atoms with van der Waals surface area (Å²) in [7, 11) is -4.57. The van der Waals surface area contributed by atoms with E-state index in [1.807, 2.05) is 0 Å². The molecule has 1 aromatic heterocycles. The van der Waals surface area contributed by atoms with Gasteiger partial charge in [-0.3, -0.25) is 0 Å². The number of hydrogen-bond donors (Lipinski definition) is 0. The molecule has 0 amide bonds. The highest BCUT2D eigenvalue weighted by Gasteiger charge is 2.43. The van der Waals surface area contributed by atoms with E-state index in [-0.39, 0.29) is 10.3 Å². The molecule has 0 radical (unpaired) electrons. The second-order valence-corrected chi connectivity index (χ2v) is 5.62. The molecule has 0 N–H and O–H groups in total. The standard InChI is InChI=1S/C7H5Cl2F2NO2S/c1-15(13,14)7(10,11)4-2-5(8)12-6(9)3-4/h2-3H,1H3. The van der Waals surface area contributed by atoms with Crippen LogP contribution in [0.2, 0.25) is 10.3 Å². The fourth-order valence-electron chi connectivity index (χ4n) is 0.847. The number of pyridine rings is 1. The van der Waals surface area contributed by atoms with Crippen molar-refractivity contribution in [2.75, 3.05) is 6.26 Å². The number of sulfone groups is 1. The van der Waals surface area contributed by atoms with Gasteiger partial charge in [-0.1, -0.05) is 23.2 Å². The highest BCUT2D eigenvalue weighted by Crippen LogP contribution is 2.35. The zero-order chi connectivity index (χ0) is 11.9. The average molecular weight is 276 g/mol. The lowest BCUT2D eigenvalue weighted by Crippen LogP contribution is -2.25. The van der Waals surface area contributed by atoms with E-state index >= 15 is 0 Å². The van der Waals surface area contributed by atoms with Gasteiger partial charge < -0.3 is 0 Å². The molecule has 0 bridgehead atoms. The Kier molecular flexibility index (Phi) is 3.23. The molecule has 15 heavy (non-hydrogen) atoms. The van der Waals surface area contributed by atoms with Crippen LogP contribution in [0.25, 0.3) is 0 Å². The minimum Gasteiger partial charge on any atom is -0.224 e. The van der Waals surface area contributed by atoms with Crippen LogP contribution in [0.1, 0.15) is 5.56 Å². The molecule has 84 valence electrons. The van der Waals surface area contributed by atoms with Gasteiger partial charge in [0, 0.05) is 11.8 Å². The molecule has 1 heterocycles. The Bertz CT molecular complexity index is 470. The number of aromatic nitrogens is 1. The molecule has 0 aliphatic heterocycles. The molecule has 0 saturated carbocycles. The van der Waals surface area contributed by atoms with Crippen molar-refractivity contribution in [2.45, 2.75) is 5.25 Å². The summed E-state index contributed by atoms with van der Waals surface area (Å²) in [4.78, 5) is 3.43. The van der Waals surface area contributed by atoms with E-state index in [2.05, 4.69) is 4.98 Å². The van der Waals surface area contributed by atoms with E-state index in [0.717, 1.165) is 12.1 Å². The summed E-state index contributed by atoms with van der Waals surface area (Å²) in [5.74, 6) is 0. The smallest absolute Gasteiger partial charge is 0.224 e. The molecule has 1 rings (SSSR count). The van der Waals surface area contributed by atoms with Gasteiger partial charge in [-0.15, -0.1) is 0 Å². The van der Waals surface area contributed by atoms with Crippen LogP contribution in [0.5, 0.6) is 0 Å². The molecule has 0 fully saturated rings. The van der Waals surface area contributed by atoms with Crippen LogP contribution in [0, 0.1) is 0 Å². The number of rotatable bonds is 2. The summed E-state index contributed by atoms with van der Waals surface area (Å²) in [6, 6.07) is 1.52. The summed E-state index contributed by atoms with van der Waals surface area (Å²) >= 11 is 10.8. The minimum atomic E-state index is -4.57. The zero-order valence-electron chi connectivity index (χ0n) is 7.34. The predicted octanol–water partition coefficient (Wildman–Crippen LogP) is 2.48. The Morgan fingerprint density at radius 3 is 2.00 bits per heavy atom. The van der Waals surface area contributed by atoms with Crippen molar-refractivity contribution >= 4 is 33.0 Å². The number of nitrogens with zero attached hydrogens (tertiary/aromatic N) is 1. The number of halogens is 4. The molecule has 0 aliphatic rings. The van der Waals surface area contributed by atoms with Gasteiger partial charge in [0.2, 0.25) is 9.84 Å². The van der Waals surface area contributed by atoms with Crippen LogP contribution < -0.4 is 0 Å². The summed E-state index contributed by atoms with van der Waals surface area (Å²) in [5, 5.41) is -4.61. The van der Waals surface area contributed by atoms with Crippen molar-refractivity contribution in [2.24, 2.45) is 0 Å². The van der Waals surface area contributed by atoms with Crippen LogP contribution in [0.15, 0.2) is 12.1 Å². The van der Waals surface area contributed by atoms with Crippen LogP contribution in [-0.2, 0) is 15.1 Å². The van der Waals surface area contributed by atoms with Crippen molar-refractivity contribution in [3.63, 3.8) is 0 Å². The highest BCUT2D eigenvalue weighted by atomic mass is 35.5. The SMILES string of the molecule is CS(=O)(=O)C(F)(F)c1cc(Cl)nc(Cl)c1. The number of alkyl halides is 2. The number of hydrogen-bond acceptors (Lipinski definition) is 3. The fourth-order valence-corrected chi connectivity index (χ4v) is 1.85. The van der Waals surface area contributed by atoms with Crippen molar-refractivity contribution < 1.29 is 17.2 Å². The van der Waals surface area contributed by atoms with E-state index in [4.69, 9.17) is 23.2 Å². The maximum absolute atomic E-state index is 13.3. The van der Waals surface area contributed by atoms with E-state index in [1.165, 1.54) is 0 Å². The quantitative estimate of drug-likeness (QED) is 0.779. The summed E-state index contributed by atoms with van der Waals surface area (Å²) < 4.78 is 48.2. The van der Waals surface area contributed by atoms with E-state index in [9.17, 15) is 17.2 Å². The van der Waals surface area contributed by atoms with E-state index in [1.54, 1.807) is 0 Å². The maximum Gasteiger partial charge on any atom is 0.370 e. The summed E-state index contributed by atoms with van der Waals surface area (Å²) in [6.45, 7) is 0.